The summed E-state index contributed by atoms with van der Waals surface area (Å²) in [5, 5.41) is 0. The predicted octanol–water partition coefficient (Wildman–Crippen LogP) is 5.07. The van der Waals surface area contributed by atoms with Gasteiger partial charge in [0.05, 0.1) is 6.54 Å². The third kappa shape index (κ3) is 3.29. The van der Waals surface area contributed by atoms with E-state index in [1.54, 1.807) is 36.2 Å². The van der Waals surface area contributed by atoms with Crippen LogP contribution in [0.25, 0.3) is 11.3 Å². The van der Waals surface area contributed by atoms with Crippen LogP contribution in [0, 0.1) is 11.7 Å². The maximum absolute atomic E-state index is 13.0. The first-order valence-corrected chi connectivity index (χ1v) is 8.71. The molecule has 0 saturated heterocycles. The molecule has 2 atom stereocenters. The molecule has 0 unspecified atom stereocenters. The van der Waals surface area contributed by atoms with Gasteiger partial charge in [-0.2, -0.15) is 0 Å². The summed E-state index contributed by atoms with van der Waals surface area (Å²) in [7, 11) is 1.71. The Morgan fingerprint density at radius 2 is 1.85 bits per heavy atom. The molecular weight excluding hydrogens is 333 g/mol. The highest BCUT2D eigenvalue weighted by Crippen LogP contribution is 2.47. The summed E-state index contributed by atoms with van der Waals surface area (Å²) in [4.78, 5) is 14.1. The van der Waals surface area contributed by atoms with Crippen LogP contribution in [0.3, 0.4) is 0 Å². The molecule has 1 aliphatic rings. The monoisotopic (exact) mass is 353 g/mol. The number of amides is 1. The van der Waals surface area contributed by atoms with Crippen LogP contribution in [0.4, 0.5) is 4.39 Å². The highest BCUT2D eigenvalue weighted by Gasteiger charge is 2.36. The van der Waals surface area contributed by atoms with E-state index in [2.05, 4.69) is 6.92 Å². The van der Waals surface area contributed by atoms with Crippen LogP contribution >= 0.6 is 0 Å². The molecule has 4 rings (SSSR count). The van der Waals surface area contributed by atoms with Crippen molar-refractivity contribution in [3.05, 3.63) is 71.6 Å². The van der Waals surface area contributed by atoms with E-state index in [1.807, 2.05) is 12.1 Å². The topological polar surface area (TPSA) is 46.6 Å². The van der Waals surface area contributed by atoms with Gasteiger partial charge in [-0.15, -0.1) is 0 Å². The molecule has 0 bridgehead atoms. The number of carbonyl (C=O) groups is 1. The van der Waals surface area contributed by atoms with E-state index in [9.17, 15) is 9.18 Å². The van der Waals surface area contributed by atoms with Crippen molar-refractivity contribution < 1.29 is 18.0 Å². The third-order valence-corrected chi connectivity index (χ3v) is 4.84. The highest BCUT2D eigenvalue weighted by atomic mass is 19.1. The number of hydrogen-bond acceptors (Lipinski definition) is 3. The number of hydrogen-bond donors (Lipinski definition) is 0. The molecule has 5 heteroatoms. The molecule has 26 heavy (non-hydrogen) atoms. The highest BCUT2D eigenvalue weighted by molar-refractivity contribution is 5.91. The Hall–Kier alpha value is -2.82. The van der Waals surface area contributed by atoms with E-state index in [0.717, 1.165) is 17.1 Å². The second kappa shape index (κ2) is 6.48. The molecule has 3 aromatic rings. The van der Waals surface area contributed by atoms with Gasteiger partial charge in [0.1, 0.15) is 23.1 Å². The van der Waals surface area contributed by atoms with Crippen LogP contribution in [-0.4, -0.2) is 17.9 Å². The van der Waals surface area contributed by atoms with E-state index in [0.29, 0.717) is 24.1 Å². The predicted molar refractivity (Wildman–Crippen MR) is 95.1 cm³/mol. The molecule has 2 heterocycles. The van der Waals surface area contributed by atoms with Crippen LogP contribution < -0.4 is 0 Å². The summed E-state index contributed by atoms with van der Waals surface area (Å²) in [5.74, 6) is 3.21. The van der Waals surface area contributed by atoms with Crippen LogP contribution in [0.1, 0.15) is 41.3 Å². The van der Waals surface area contributed by atoms with Gasteiger partial charge in [0.25, 0.3) is 5.91 Å². The van der Waals surface area contributed by atoms with Crippen LogP contribution in [0.15, 0.2) is 57.4 Å². The van der Waals surface area contributed by atoms with Crippen LogP contribution in [-0.2, 0) is 6.54 Å². The van der Waals surface area contributed by atoms with Gasteiger partial charge in [-0.25, -0.2) is 4.39 Å². The Balaban J connectivity index is 1.43. The van der Waals surface area contributed by atoms with Crippen molar-refractivity contribution in [1.82, 2.24) is 4.90 Å². The lowest BCUT2D eigenvalue weighted by Gasteiger charge is -2.14. The molecule has 1 fully saturated rings. The number of furan rings is 2. The lowest BCUT2D eigenvalue weighted by Crippen LogP contribution is -2.25. The van der Waals surface area contributed by atoms with Crippen molar-refractivity contribution in [2.75, 3.05) is 7.05 Å². The average Bonchev–Trinajstić information content (AvgIpc) is 3.05. The fourth-order valence-corrected chi connectivity index (χ4v) is 3.11. The molecule has 1 aromatic carbocycles. The first-order chi connectivity index (χ1) is 12.5. The zero-order valence-corrected chi connectivity index (χ0v) is 14.7. The van der Waals surface area contributed by atoms with Crippen LogP contribution in [0.2, 0.25) is 0 Å². The van der Waals surface area contributed by atoms with Crippen molar-refractivity contribution in [2.45, 2.75) is 25.8 Å². The zero-order valence-electron chi connectivity index (χ0n) is 14.7. The number of halogens is 1. The summed E-state index contributed by atoms with van der Waals surface area (Å²) in [6, 6.07) is 13.2. The molecular formula is C21H20FNO3. The second-order valence-corrected chi connectivity index (χ2v) is 6.96. The molecule has 4 nitrogen and oxygen atoms in total. The molecule has 0 N–H and O–H groups in total. The average molecular weight is 353 g/mol. The number of benzene rings is 1. The second-order valence-electron chi connectivity index (χ2n) is 6.96. The van der Waals surface area contributed by atoms with E-state index >= 15 is 0 Å². The largest absolute Gasteiger partial charge is 0.464 e. The van der Waals surface area contributed by atoms with E-state index in [4.69, 9.17) is 8.83 Å². The standard InChI is InChI=1S/C21H20FNO3/c1-13-11-17(13)19-8-7-16(25-19)12-23(2)21(24)20-10-9-18(26-20)14-3-5-15(22)6-4-14/h3-10,13,17H,11-12H2,1-2H3/t13-,17-/m0/s1. The Morgan fingerprint density at radius 1 is 1.12 bits per heavy atom. The van der Waals surface area contributed by atoms with Gasteiger partial charge in [-0.05, 0) is 60.9 Å². The summed E-state index contributed by atoms with van der Waals surface area (Å²) in [5.41, 5.74) is 0.724. The normalized spacial score (nSPS) is 18.7. The Kier molecular flexibility index (Phi) is 4.15. The smallest absolute Gasteiger partial charge is 0.289 e. The van der Waals surface area contributed by atoms with Crippen molar-refractivity contribution >= 4 is 5.91 Å². The van der Waals surface area contributed by atoms with Gasteiger partial charge in [-0.1, -0.05) is 6.92 Å². The van der Waals surface area contributed by atoms with Gasteiger partial charge < -0.3 is 13.7 Å². The summed E-state index contributed by atoms with van der Waals surface area (Å²) >= 11 is 0. The molecule has 0 spiro atoms. The van der Waals surface area contributed by atoms with Crippen molar-refractivity contribution in [3.8, 4) is 11.3 Å². The van der Waals surface area contributed by atoms with Gasteiger partial charge in [0.15, 0.2) is 5.76 Å². The van der Waals surface area contributed by atoms with Crippen molar-refractivity contribution in [3.63, 3.8) is 0 Å². The molecule has 0 radical (unpaired) electrons. The van der Waals surface area contributed by atoms with Gasteiger partial charge >= 0.3 is 0 Å². The minimum absolute atomic E-state index is 0.226. The molecule has 2 aromatic heterocycles. The zero-order chi connectivity index (χ0) is 18.3. The first kappa shape index (κ1) is 16.6. The number of rotatable bonds is 5. The summed E-state index contributed by atoms with van der Waals surface area (Å²) < 4.78 is 24.5. The Morgan fingerprint density at radius 3 is 2.54 bits per heavy atom. The molecule has 1 amide bonds. The lowest BCUT2D eigenvalue weighted by atomic mass is 10.2. The fourth-order valence-electron chi connectivity index (χ4n) is 3.11. The third-order valence-electron chi connectivity index (χ3n) is 4.84. The lowest BCUT2D eigenvalue weighted by molar-refractivity contribution is 0.0744. The van der Waals surface area contributed by atoms with E-state index < -0.39 is 0 Å². The maximum Gasteiger partial charge on any atom is 0.289 e. The molecule has 1 saturated carbocycles. The fraction of sp³-hybridized carbons (Fsp3) is 0.286. The Labute approximate surface area is 151 Å². The molecule has 0 aliphatic heterocycles. The molecule has 134 valence electrons. The first-order valence-electron chi connectivity index (χ1n) is 8.71. The number of nitrogens with zero attached hydrogens (tertiary/aromatic N) is 1. The summed E-state index contributed by atoms with van der Waals surface area (Å²) in [6.07, 6.45) is 1.17. The minimum Gasteiger partial charge on any atom is -0.464 e. The Bertz CT molecular complexity index is 925. The van der Waals surface area contributed by atoms with Gasteiger partial charge in [0.2, 0.25) is 0 Å². The minimum atomic E-state index is -0.310. The summed E-state index contributed by atoms with van der Waals surface area (Å²) in [6.45, 7) is 2.59. The van der Waals surface area contributed by atoms with E-state index in [-0.39, 0.29) is 17.5 Å². The van der Waals surface area contributed by atoms with Crippen LogP contribution in [0.5, 0.6) is 0 Å². The van der Waals surface area contributed by atoms with Crippen molar-refractivity contribution in [2.24, 2.45) is 5.92 Å². The van der Waals surface area contributed by atoms with Gasteiger partial charge in [0, 0.05) is 18.5 Å². The van der Waals surface area contributed by atoms with Gasteiger partial charge in [-0.3, -0.25) is 4.79 Å². The van der Waals surface area contributed by atoms with Crippen molar-refractivity contribution in [1.29, 1.82) is 0 Å². The van der Waals surface area contributed by atoms with E-state index in [1.165, 1.54) is 18.6 Å². The maximum atomic E-state index is 13.0. The molecule has 1 aliphatic carbocycles. The quantitative estimate of drug-likeness (QED) is 0.643. The number of carbonyl (C=O) groups excluding carboxylic acids is 1. The SMILES string of the molecule is C[C@H]1C[C@@H]1c1ccc(CN(C)C(=O)c2ccc(-c3ccc(F)cc3)o2)o1.